The predicted octanol–water partition coefficient (Wildman–Crippen LogP) is 4.02. The van der Waals surface area contributed by atoms with Gasteiger partial charge >= 0.3 is 12.1 Å². The van der Waals surface area contributed by atoms with Gasteiger partial charge in [0.15, 0.2) is 0 Å². The largest absolute Gasteiger partial charge is 0.480 e. The second-order valence-electron chi connectivity index (χ2n) is 8.65. The highest BCUT2D eigenvalue weighted by atomic mass is 19.3. The van der Waals surface area contributed by atoms with Crippen molar-refractivity contribution in [3.63, 3.8) is 0 Å². The maximum atomic E-state index is 13.5. The molecule has 1 fully saturated rings. The Morgan fingerprint density at radius 1 is 1.03 bits per heavy atom. The molecule has 1 saturated heterocycles. The Kier molecular flexibility index (Phi) is 6.81. The third-order valence-corrected chi connectivity index (χ3v) is 6.31. The van der Waals surface area contributed by atoms with Crippen molar-refractivity contribution in [3.8, 4) is 11.1 Å². The second-order valence-corrected chi connectivity index (χ2v) is 8.65. The van der Waals surface area contributed by atoms with Crippen LogP contribution in [0.15, 0.2) is 48.5 Å². The number of rotatable bonds is 8. The Morgan fingerprint density at radius 2 is 1.65 bits per heavy atom. The summed E-state index contributed by atoms with van der Waals surface area (Å²) >= 11 is 0. The molecule has 7 nitrogen and oxygen atoms in total. The van der Waals surface area contributed by atoms with E-state index in [-0.39, 0.29) is 25.5 Å². The van der Waals surface area contributed by atoms with Crippen LogP contribution in [0.3, 0.4) is 0 Å². The van der Waals surface area contributed by atoms with E-state index in [0.717, 1.165) is 27.2 Å². The minimum atomic E-state index is -3.19. The number of benzene rings is 2. The molecule has 180 valence electrons. The summed E-state index contributed by atoms with van der Waals surface area (Å²) in [6.45, 7) is -0.429. The SMILES string of the molecule is O=C(NCCCCC(=O)N1CC(F)(F)C[C@@H]1C(=O)O)OCC1c2ccccc2-c2ccccc21. The van der Waals surface area contributed by atoms with Crippen molar-refractivity contribution in [1.29, 1.82) is 0 Å². The number of carboxylic acid groups (broad SMARTS) is 1. The van der Waals surface area contributed by atoms with Gasteiger partial charge in [0.1, 0.15) is 12.6 Å². The number of alkyl halides is 2. The van der Waals surface area contributed by atoms with Crippen LogP contribution in [0.5, 0.6) is 0 Å². The first-order chi connectivity index (χ1) is 16.3. The van der Waals surface area contributed by atoms with Gasteiger partial charge in [-0.15, -0.1) is 0 Å². The molecule has 2 aliphatic rings. The van der Waals surface area contributed by atoms with E-state index in [1.807, 2.05) is 36.4 Å². The summed E-state index contributed by atoms with van der Waals surface area (Å²) in [5.74, 6) is -5.28. The zero-order valence-electron chi connectivity index (χ0n) is 18.5. The molecule has 4 rings (SSSR count). The van der Waals surface area contributed by atoms with E-state index < -0.39 is 42.9 Å². The number of amides is 2. The molecule has 1 atom stereocenters. The molecule has 0 radical (unpaired) electrons. The number of aliphatic carboxylic acids is 1. The third kappa shape index (κ3) is 5.03. The summed E-state index contributed by atoms with van der Waals surface area (Å²) in [7, 11) is 0. The maximum absolute atomic E-state index is 13.5. The van der Waals surface area contributed by atoms with Crippen molar-refractivity contribution in [2.45, 2.75) is 43.6 Å². The van der Waals surface area contributed by atoms with E-state index in [1.165, 1.54) is 0 Å². The lowest BCUT2D eigenvalue weighted by Gasteiger charge is -2.20. The lowest BCUT2D eigenvalue weighted by atomic mass is 9.98. The Balaban J connectivity index is 1.19. The van der Waals surface area contributed by atoms with Crippen LogP contribution in [0.25, 0.3) is 11.1 Å². The van der Waals surface area contributed by atoms with Crippen LogP contribution in [-0.4, -0.2) is 59.6 Å². The molecule has 1 aliphatic carbocycles. The van der Waals surface area contributed by atoms with Crippen LogP contribution in [0.4, 0.5) is 13.6 Å². The highest BCUT2D eigenvalue weighted by molar-refractivity contribution is 5.84. The maximum Gasteiger partial charge on any atom is 0.407 e. The zero-order valence-corrected chi connectivity index (χ0v) is 18.5. The number of likely N-dealkylation sites (tertiary alicyclic amines) is 1. The number of hydrogen-bond acceptors (Lipinski definition) is 4. The van der Waals surface area contributed by atoms with Gasteiger partial charge < -0.3 is 20.1 Å². The molecule has 34 heavy (non-hydrogen) atoms. The number of alkyl carbamates (subject to hydrolysis) is 1. The zero-order chi connectivity index (χ0) is 24.3. The number of nitrogens with one attached hydrogen (secondary N) is 1. The fourth-order valence-corrected chi connectivity index (χ4v) is 4.68. The number of fused-ring (bicyclic) bond motifs is 3. The van der Waals surface area contributed by atoms with Crippen molar-refractivity contribution in [3.05, 3.63) is 59.7 Å². The molecule has 0 bridgehead atoms. The van der Waals surface area contributed by atoms with Gasteiger partial charge in [-0.1, -0.05) is 48.5 Å². The first kappa shape index (κ1) is 23.7. The fraction of sp³-hybridized carbons (Fsp3) is 0.400. The normalized spacial score (nSPS) is 18.3. The summed E-state index contributed by atoms with van der Waals surface area (Å²) in [6, 6.07) is 14.5. The third-order valence-electron chi connectivity index (χ3n) is 6.31. The Bertz CT molecular complexity index is 1040. The van der Waals surface area contributed by atoms with Gasteiger partial charge in [0.2, 0.25) is 5.91 Å². The van der Waals surface area contributed by atoms with Crippen LogP contribution < -0.4 is 5.32 Å². The van der Waals surface area contributed by atoms with Crippen molar-refractivity contribution in [2.75, 3.05) is 19.7 Å². The number of halogens is 2. The van der Waals surface area contributed by atoms with Gasteiger partial charge in [-0.3, -0.25) is 4.79 Å². The Morgan fingerprint density at radius 3 is 2.26 bits per heavy atom. The molecule has 2 aromatic carbocycles. The molecule has 0 aromatic heterocycles. The molecule has 2 N–H and O–H groups in total. The molecule has 0 unspecified atom stereocenters. The molecule has 0 saturated carbocycles. The van der Waals surface area contributed by atoms with Crippen molar-refractivity contribution in [2.24, 2.45) is 0 Å². The summed E-state index contributed by atoms with van der Waals surface area (Å²) in [5, 5.41) is 11.7. The lowest BCUT2D eigenvalue weighted by Crippen LogP contribution is -2.40. The van der Waals surface area contributed by atoms with Crippen LogP contribution in [0.2, 0.25) is 0 Å². The van der Waals surface area contributed by atoms with E-state index in [1.54, 1.807) is 0 Å². The van der Waals surface area contributed by atoms with Crippen LogP contribution in [0, 0.1) is 0 Å². The second kappa shape index (κ2) is 9.79. The van der Waals surface area contributed by atoms with Gasteiger partial charge in [0.05, 0.1) is 6.54 Å². The van der Waals surface area contributed by atoms with Crippen molar-refractivity contribution >= 4 is 18.0 Å². The van der Waals surface area contributed by atoms with Crippen LogP contribution in [-0.2, 0) is 14.3 Å². The van der Waals surface area contributed by atoms with Gasteiger partial charge in [-0.05, 0) is 35.1 Å². The number of carboxylic acids is 1. The molecular formula is C25H26F2N2O5. The smallest absolute Gasteiger partial charge is 0.407 e. The van der Waals surface area contributed by atoms with E-state index in [2.05, 4.69) is 17.4 Å². The Labute approximate surface area is 195 Å². The van der Waals surface area contributed by atoms with Crippen LogP contribution >= 0.6 is 0 Å². The minimum absolute atomic E-state index is 0.0449. The monoisotopic (exact) mass is 472 g/mol. The van der Waals surface area contributed by atoms with Gasteiger partial charge in [-0.2, -0.15) is 0 Å². The molecule has 1 heterocycles. The van der Waals surface area contributed by atoms with E-state index in [9.17, 15) is 23.2 Å². The van der Waals surface area contributed by atoms with Gasteiger partial charge in [0, 0.05) is 25.3 Å². The highest BCUT2D eigenvalue weighted by Crippen LogP contribution is 2.44. The fourth-order valence-electron chi connectivity index (χ4n) is 4.68. The molecule has 2 aromatic rings. The number of unbranched alkanes of at least 4 members (excludes halogenated alkanes) is 1. The van der Waals surface area contributed by atoms with E-state index in [4.69, 9.17) is 9.84 Å². The molecule has 1 aliphatic heterocycles. The first-order valence-corrected chi connectivity index (χ1v) is 11.3. The van der Waals surface area contributed by atoms with Crippen molar-refractivity contribution in [1.82, 2.24) is 10.2 Å². The quantitative estimate of drug-likeness (QED) is 0.566. The number of carbonyl (C=O) groups is 3. The number of nitrogens with zero attached hydrogens (tertiary/aromatic N) is 1. The average molecular weight is 472 g/mol. The van der Waals surface area contributed by atoms with Crippen molar-refractivity contribution < 1.29 is 33.0 Å². The average Bonchev–Trinajstić information content (AvgIpc) is 3.32. The number of carbonyl (C=O) groups excluding carboxylic acids is 2. The van der Waals surface area contributed by atoms with Gasteiger partial charge in [0.25, 0.3) is 5.92 Å². The summed E-state index contributed by atoms with van der Waals surface area (Å²) in [6.07, 6.45) is -0.739. The number of ether oxygens (including phenoxy) is 1. The predicted molar refractivity (Wildman–Crippen MR) is 120 cm³/mol. The van der Waals surface area contributed by atoms with Crippen LogP contribution in [0.1, 0.15) is 42.7 Å². The molecular weight excluding hydrogens is 446 g/mol. The lowest BCUT2D eigenvalue weighted by molar-refractivity contribution is -0.148. The summed E-state index contributed by atoms with van der Waals surface area (Å²) < 4.78 is 32.5. The molecule has 2 amide bonds. The minimum Gasteiger partial charge on any atom is -0.480 e. The summed E-state index contributed by atoms with van der Waals surface area (Å²) in [5.41, 5.74) is 4.50. The topological polar surface area (TPSA) is 95.9 Å². The first-order valence-electron chi connectivity index (χ1n) is 11.3. The van der Waals surface area contributed by atoms with E-state index in [0.29, 0.717) is 12.8 Å². The number of hydrogen-bond donors (Lipinski definition) is 2. The summed E-state index contributed by atoms with van der Waals surface area (Å²) in [4.78, 5) is 36.3. The molecule has 9 heteroatoms. The Hall–Kier alpha value is -3.49. The van der Waals surface area contributed by atoms with Gasteiger partial charge in [-0.25, -0.2) is 18.4 Å². The van der Waals surface area contributed by atoms with E-state index >= 15 is 0 Å². The molecule has 0 spiro atoms. The highest BCUT2D eigenvalue weighted by Gasteiger charge is 2.49. The standard InChI is InChI=1S/C25H26F2N2O5/c26-25(27)13-21(23(31)32)29(15-25)22(30)11-5-6-12-28-24(33)34-14-20-18-9-3-1-7-16(18)17-8-2-4-10-19(17)20/h1-4,7-10,20-21H,5-6,11-15H2,(H,28,33)(H,31,32)/t21-/m1/s1.